The van der Waals surface area contributed by atoms with Gasteiger partial charge in [0.15, 0.2) is 0 Å². The van der Waals surface area contributed by atoms with Crippen molar-refractivity contribution >= 4 is 10.1 Å². The van der Waals surface area contributed by atoms with Crippen molar-refractivity contribution in [2.24, 2.45) is 5.92 Å². The van der Waals surface area contributed by atoms with Crippen molar-refractivity contribution in [2.45, 2.75) is 29.1 Å². The van der Waals surface area contributed by atoms with Gasteiger partial charge in [-0.15, -0.1) is 0 Å². The molecule has 0 bridgehead atoms. The van der Waals surface area contributed by atoms with Gasteiger partial charge in [0.25, 0.3) is 10.1 Å². The van der Waals surface area contributed by atoms with Crippen molar-refractivity contribution in [1.82, 2.24) is 0 Å². The second-order valence-corrected chi connectivity index (χ2v) is 9.87. The van der Waals surface area contributed by atoms with Crippen LogP contribution in [0.5, 0.6) is 0 Å². The normalized spacial score (nSPS) is 28.5. The average molecular weight is 388 g/mol. The Morgan fingerprint density at radius 1 is 0.821 bits per heavy atom. The zero-order chi connectivity index (χ0) is 19.1. The Morgan fingerprint density at radius 3 is 1.93 bits per heavy atom. The minimum Gasteiger partial charge on any atom is -0.265 e. The van der Waals surface area contributed by atoms with Gasteiger partial charge < -0.3 is 0 Å². The third-order valence-electron chi connectivity index (χ3n) is 6.94. The monoisotopic (exact) mass is 388 g/mol. The molecule has 0 unspecified atom stereocenters. The number of aryl methyl sites for hydroxylation is 1. The topological polar surface area (TPSA) is 43.4 Å². The van der Waals surface area contributed by atoms with Crippen molar-refractivity contribution in [1.29, 1.82) is 0 Å². The lowest BCUT2D eigenvalue weighted by Gasteiger charge is -2.30. The fourth-order valence-corrected chi connectivity index (χ4v) is 6.73. The molecule has 0 aliphatic heterocycles. The Morgan fingerprint density at radius 2 is 1.36 bits per heavy atom. The van der Waals surface area contributed by atoms with Crippen molar-refractivity contribution in [2.75, 3.05) is 6.61 Å². The lowest BCUT2D eigenvalue weighted by atomic mass is 9.76. The third-order valence-corrected chi connectivity index (χ3v) is 8.22. The van der Waals surface area contributed by atoms with Crippen LogP contribution in [0.2, 0.25) is 0 Å². The molecule has 3 aliphatic carbocycles. The Balaban J connectivity index is 1.44. The molecule has 3 aliphatic rings. The van der Waals surface area contributed by atoms with E-state index >= 15 is 0 Å². The first-order valence-electron chi connectivity index (χ1n) is 9.69. The molecule has 3 nitrogen and oxygen atoms in total. The van der Waals surface area contributed by atoms with E-state index < -0.39 is 10.1 Å². The maximum atomic E-state index is 12.9. The summed E-state index contributed by atoms with van der Waals surface area (Å²) in [5.41, 5.74) is 5.88. The number of hydrogen-bond donors (Lipinski definition) is 0. The maximum Gasteiger partial charge on any atom is 0.297 e. The molecule has 0 spiro atoms. The molecule has 0 amide bonds. The van der Waals surface area contributed by atoms with E-state index in [1.54, 1.807) is 24.3 Å². The van der Waals surface area contributed by atoms with Crippen LogP contribution in [0.3, 0.4) is 0 Å². The molecular weight excluding hydrogens is 368 g/mol. The zero-order valence-corrected chi connectivity index (χ0v) is 16.3. The van der Waals surface area contributed by atoms with Crippen molar-refractivity contribution in [3.63, 3.8) is 0 Å². The number of hydrogen-bond acceptors (Lipinski definition) is 3. The molecule has 3 aromatic carbocycles. The first-order chi connectivity index (χ1) is 13.5. The van der Waals surface area contributed by atoms with Crippen LogP contribution in [-0.2, 0) is 19.7 Å². The predicted octanol–water partition coefficient (Wildman–Crippen LogP) is 4.51. The molecule has 0 saturated heterocycles. The molecule has 28 heavy (non-hydrogen) atoms. The number of rotatable bonds is 4. The summed E-state index contributed by atoms with van der Waals surface area (Å²) in [4.78, 5) is 0.218. The van der Waals surface area contributed by atoms with E-state index in [0.29, 0.717) is 17.8 Å². The van der Waals surface area contributed by atoms with Gasteiger partial charge in [-0.25, -0.2) is 0 Å². The van der Waals surface area contributed by atoms with Gasteiger partial charge in [-0.05, 0) is 59.1 Å². The summed E-state index contributed by atoms with van der Waals surface area (Å²) >= 11 is 0. The molecule has 4 heteroatoms. The lowest BCUT2D eigenvalue weighted by Crippen LogP contribution is -2.33. The number of fused-ring (bicyclic) bond motifs is 7. The van der Waals surface area contributed by atoms with Crippen LogP contribution in [0.1, 0.15) is 39.7 Å². The van der Waals surface area contributed by atoms with E-state index in [1.165, 1.54) is 22.3 Å². The summed E-state index contributed by atoms with van der Waals surface area (Å²) in [7, 11) is -3.80. The fraction of sp³-hybridized carbons (Fsp3) is 0.250. The molecule has 140 valence electrons. The maximum absolute atomic E-state index is 12.9. The third kappa shape index (κ3) is 1.94. The molecule has 0 heterocycles. The van der Waals surface area contributed by atoms with Gasteiger partial charge >= 0.3 is 0 Å². The minimum atomic E-state index is -3.80. The molecule has 6 rings (SSSR count). The van der Waals surface area contributed by atoms with E-state index in [-0.39, 0.29) is 16.9 Å². The van der Waals surface area contributed by atoms with E-state index in [1.807, 2.05) is 6.92 Å². The van der Waals surface area contributed by atoms with Gasteiger partial charge in [-0.3, -0.25) is 4.18 Å². The predicted molar refractivity (Wildman–Crippen MR) is 107 cm³/mol. The van der Waals surface area contributed by atoms with Gasteiger partial charge in [-0.2, -0.15) is 8.42 Å². The molecule has 0 N–H and O–H groups in total. The van der Waals surface area contributed by atoms with Gasteiger partial charge in [-0.1, -0.05) is 66.2 Å². The standard InChI is InChI=1S/C24H20O3S/c1-15-10-12-16(13-11-15)28(25,26)27-14-24-19-8-4-2-6-17(19)21-22(23(21)24)18-7-3-5-9-20(18)24/h2-13,21-23H,14H2,1H3/t21-,22-,23?,24?/m1/s1. The summed E-state index contributed by atoms with van der Waals surface area (Å²) in [5, 5.41) is 0. The summed E-state index contributed by atoms with van der Waals surface area (Å²) in [6, 6.07) is 23.8. The average Bonchev–Trinajstić information content (AvgIpc) is 3.31. The van der Waals surface area contributed by atoms with Crippen LogP contribution in [0.4, 0.5) is 0 Å². The highest BCUT2D eigenvalue weighted by atomic mass is 32.2. The highest BCUT2D eigenvalue weighted by molar-refractivity contribution is 7.86. The van der Waals surface area contributed by atoms with E-state index in [2.05, 4.69) is 48.5 Å². The van der Waals surface area contributed by atoms with E-state index in [4.69, 9.17) is 4.18 Å². The van der Waals surface area contributed by atoms with E-state index in [0.717, 1.165) is 5.56 Å². The Bertz CT molecular complexity index is 1160. The molecule has 2 atom stereocenters. The van der Waals surface area contributed by atoms with Gasteiger partial charge in [0.05, 0.1) is 11.5 Å². The van der Waals surface area contributed by atoms with Crippen LogP contribution in [0.15, 0.2) is 77.7 Å². The first-order valence-corrected chi connectivity index (χ1v) is 11.1. The number of benzene rings is 3. The largest absolute Gasteiger partial charge is 0.297 e. The smallest absolute Gasteiger partial charge is 0.265 e. The molecule has 1 saturated carbocycles. The molecular formula is C24H20O3S. The zero-order valence-electron chi connectivity index (χ0n) is 15.5. The minimum absolute atomic E-state index is 0.162. The van der Waals surface area contributed by atoms with Gasteiger partial charge in [0, 0.05) is 5.41 Å². The van der Waals surface area contributed by atoms with Crippen LogP contribution in [-0.4, -0.2) is 15.0 Å². The molecule has 1 fully saturated rings. The van der Waals surface area contributed by atoms with Crippen molar-refractivity contribution in [3.05, 3.63) is 101 Å². The first kappa shape index (κ1) is 16.5. The highest BCUT2D eigenvalue weighted by Gasteiger charge is 2.73. The lowest BCUT2D eigenvalue weighted by molar-refractivity contribution is 0.238. The Labute approximate surface area is 165 Å². The van der Waals surface area contributed by atoms with Gasteiger partial charge in [0.1, 0.15) is 0 Å². The molecule has 3 aromatic rings. The summed E-state index contributed by atoms with van der Waals surface area (Å²) in [6.45, 7) is 2.10. The summed E-state index contributed by atoms with van der Waals surface area (Å²) in [5.74, 6) is 1.41. The van der Waals surface area contributed by atoms with Crippen molar-refractivity contribution in [3.8, 4) is 0 Å². The SMILES string of the molecule is Cc1ccc(S(=O)(=O)OCC23c4ccccc4[C@H]4C2[C@@H]4c2ccccc23)cc1. The summed E-state index contributed by atoms with van der Waals surface area (Å²) in [6.07, 6.45) is 0. The molecule has 0 aromatic heterocycles. The van der Waals surface area contributed by atoms with Crippen LogP contribution in [0.25, 0.3) is 0 Å². The fourth-order valence-electron chi connectivity index (χ4n) is 5.79. The summed E-state index contributed by atoms with van der Waals surface area (Å²) < 4.78 is 31.5. The second-order valence-electron chi connectivity index (χ2n) is 8.25. The van der Waals surface area contributed by atoms with E-state index in [9.17, 15) is 8.42 Å². The van der Waals surface area contributed by atoms with Crippen LogP contribution in [0, 0.1) is 12.8 Å². The highest BCUT2D eigenvalue weighted by Crippen LogP contribution is 2.80. The Kier molecular flexibility index (Phi) is 3.15. The van der Waals surface area contributed by atoms with Crippen molar-refractivity contribution < 1.29 is 12.6 Å². The van der Waals surface area contributed by atoms with Gasteiger partial charge in [0.2, 0.25) is 0 Å². The van der Waals surface area contributed by atoms with Crippen LogP contribution >= 0.6 is 0 Å². The quantitative estimate of drug-likeness (QED) is 0.618. The van der Waals surface area contributed by atoms with Crippen LogP contribution < -0.4 is 0 Å². The Hall–Kier alpha value is -2.43. The molecule has 0 radical (unpaired) electrons. The second kappa shape index (κ2) is 5.34.